The zero-order valence-corrected chi connectivity index (χ0v) is 16.5. The molecule has 0 aliphatic carbocycles. The van der Waals surface area contributed by atoms with Crippen LogP contribution in [0.3, 0.4) is 0 Å². The summed E-state index contributed by atoms with van der Waals surface area (Å²) in [5.74, 6) is -0.888. The third-order valence-electron chi connectivity index (χ3n) is 5.32. The van der Waals surface area contributed by atoms with Crippen LogP contribution >= 0.6 is 11.6 Å². The Morgan fingerprint density at radius 2 is 1.57 bits per heavy atom. The van der Waals surface area contributed by atoms with Crippen LogP contribution in [0.1, 0.15) is 31.7 Å². The highest BCUT2D eigenvalue weighted by molar-refractivity contribution is 6.30. The molecule has 0 aliphatic rings. The number of halogens is 3. The highest BCUT2D eigenvalue weighted by atomic mass is 35.5. The van der Waals surface area contributed by atoms with Gasteiger partial charge in [0.05, 0.1) is 5.02 Å². The van der Waals surface area contributed by atoms with Crippen molar-refractivity contribution in [2.24, 2.45) is 0 Å². The molecule has 0 unspecified atom stereocenters. The molecule has 0 N–H and O–H groups in total. The molecule has 0 spiro atoms. The second-order valence-electron chi connectivity index (χ2n) is 7.23. The second kappa shape index (κ2) is 7.89. The number of unbranched alkanes of at least 4 members (excludes halogenated alkanes) is 2. The molecule has 4 aromatic rings. The molecule has 3 heteroatoms. The van der Waals surface area contributed by atoms with Gasteiger partial charge >= 0.3 is 0 Å². The van der Waals surface area contributed by atoms with Gasteiger partial charge in [-0.25, -0.2) is 8.78 Å². The first-order valence-corrected chi connectivity index (χ1v) is 10.1. The van der Waals surface area contributed by atoms with Gasteiger partial charge in [-0.2, -0.15) is 0 Å². The molecule has 0 aliphatic heterocycles. The fourth-order valence-electron chi connectivity index (χ4n) is 3.78. The highest BCUT2D eigenvalue weighted by Crippen LogP contribution is 2.34. The molecule has 4 aromatic carbocycles. The van der Waals surface area contributed by atoms with E-state index in [9.17, 15) is 4.39 Å². The third-order valence-corrected chi connectivity index (χ3v) is 5.62. The Kier molecular flexibility index (Phi) is 5.32. The molecule has 0 nitrogen and oxygen atoms in total. The molecule has 0 atom stereocenters. The van der Waals surface area contributed by atoms with Gasteiger partial charge in [0, 0.05) is 10.9 Å². The van der Waals surface area contributed by atoms with Crippen molar-refractivity contribution in [3.05, 3.63) is 82.9 Å². The van der Waals surface area contributed by atoms with Gasteiger partial charge in [0.2, 0.25) is 0 Å². The summed E-state index contributed by atoms with van der Waals surface area (Å²) in [6.45, 7) is 2.20. The number of hydrogen-bond acceptors (Lipinski definition) is 0. The summed E-state index contributed by atoms with van der Waals surface area (Å²) >= 11 is 5.75. The Hall–Kier alpha value is -2.45. The van der Waals surface area contributed by atoms with Crippen LogP contribution in [0.15, 0.2) is 60.7 Å². The lowest BCUT2D eigenvalue weighted by Gasteiger charge is -2.11. The topological polar surface area (TPSA) is 0 Å². The van der Waals surface area contributed by atoms with Crippen molar-refractivity contribution in [2.75, 3.05) is 0 Å². The maximum atomic E-state index is 15.2. The summed E-state index contributed by atoms with van der Waals surface area (Å²) in [6.07, 6.45) is 4.69. The number of benzene rings is 4. The van der Waals surface area contributed by atoms with Crippen LogP contribution in [-0.2, 0) is 6.42 Å². The summed E-state index contributed by atoms with van der Waals surface area (Å²) in [4.78, 5) is 0. The van der Waals surface area contributed by atoms with Crippen LogP contribution < -0.4 is 0 Å². The van der Waals surface area contributed by atoms with E-state index in [2.05, 4.69) is 25.1 Å². The Balaban J connectivity index is 1.79. The molecular formula is C25H21ClF2. The van der Waals surface area contributed by atoms with E-state index in [-0.39, 0.29) is 10.8 Å². The first kappa shape index (κ1) is 18.9. The molecule has 0 saturated carbocycles. The van der Waals surface area contributed by atoms with E-state index in [0.717, 1.165) is 22.6 Å². The van der Waals surface area contributed by atoms with Crippen molar-refractivity contribution in [1.29, 1.82) is 0 Å². The summed E-state index contributed by atoms with van der Waals surface area (Å²) in [7, 11) is 0. The third kappa shape index (κ3) is 3.49. The molecule has 0 bridgehead atoms. The van der Waals surface area contributed by atoms with E-state index in [0.29, 0.717) is 16.5 Å². The molecule has 142 valence electrons. The molecule has 28 heavy (non-hydrogen) atoms. The smallest absolute Gasteiger partial charge is 0.142 e. The predicted octanol–water partition coefficient (Wildman–Crippen LogP) is 8.32. The lowest BCUT2D eigenvalue weighted by atomic mass is 9.95. The van der Waals surface area contributed by atoms with Gasteiger partial charge < -0.3 is 0 Å². The summed E-state index contributed by atoms with van der Waals surface area (Å²) in [6, 6.07) is 18.2. The highest BCUT2D eigenvalue weighted by Gasteiger charge is 2.13. The lowest BCUT2D eigenvalue weighted by molar-refractivity contribution is 0.627. The van der Waals surface area contributed by atoms with Crippen LogP contribution in [0, 0.1) is 11.6 Å². The first-order valence-electron chi connectivity index (χ1n) is 9.68. The molecule has 0 aromatic heterocycles. The zero-order chi connectivity index (χ0) is 19.7. The normalized spacial score (nSPS) is 11.4. The first-order chi connectivity index (χ1) is 13.6. The number of rotatable bonds is 5. The minimum Gasteiger partial charge on any atom is -0.206 e. The summed E-state index contributed by atoms with van der Waals surface area (Å²) < 4.78 is 29.1. The van der Waals surface area contributed by atoms with E-state index in [1.165, 1.54) is 37.0 Å². The number of fused-ring (bicyclic) bond motifs is 3. The van der Waals surface area contributed by atoms with Crippen LogP contribution in [0.2, 0.25) is 5.02 Å². The van der Waals surface area contributed by atoms with Gasteiger partial charge in [0.25, 0.3) is 0 Å². The number of aryl methyl sites for hydroxylation is 1. The standard InChI is InChI=1S/C25H21ClF2/c1-2-3-4-5-16-6-9-19-17(14-16)7-10-22-21(19)12-11-20(25(22)28)18-8-13-23(26)24(27)15-18/h6-15H,2-5H2,1H3. The van der Waals surface area contributed by atoms with E-state index in [4.69, 9.17) is 11.6 Å². The van der Waals surface area contributed by atoms with Gasteiger partial charge in [-0.15, -0.1) is 0 Å². The second-order valence-corrected chi connectivity index (χ2v) is 7.64. The number of hydrogen-bond donors (Lipinski definition) is 0. The van der Waals surface area contributed by atoms with E-state index in [1.807, 2.05) is 18.2 Å². The van der Waals surface area contributed by atoms with Crippen molar-refractivity contribution < 1.29 is 8.78 Å². The maximum Gasteiger partial charge on any atom is 0.142 e. The van der Waals surface area contributed by atoms with Crippen LogP contribution in [0.5, 0.6) is 0 Å². The summed E-state index contributed by atoms with van der Waals surface area (Å²) in [5.41, 5.74) is 2.17. The van der Waals surface area contributed by atoms with Gasteiger partial charge in [-0.1, -0.05) is 79.9 Å². The zero-order valence-electron chi connectivity index (χ0n) is 15.7. The van der Waals surface area contributed by atoms with Crippen molar-refractivity contribution in [3.8, 4) is 11.1 Å². The fourth-order valence-corrected chi connectivity index (χ4v) is 3.90. The van der Waals surface area contributed by atoms with Crippen molar-refractivity contribution >= 4 is 33.1 Å². The van der Waals surface area contributed by atoms with Crippen molar-refractivity contribution in [2.45, 2.75) is 32.6 Å². The van der Waals surface area contributed by atoms with E-state index < -0.39 is 5.82 Å². The molecule has 0 heterocycles. The van der Waals surface area contributed by atoms with E-state index in [1.54, 1.807) is 12.1 Å². The molecule has 0 amide bonds. The Bertz CT molecular complexity index is 1160. The van der Waals surface area contributed by atoms with Crippen LogP contribution in [0.4, 0.5) is 8.78 Å². The monoisotopic (exact) mass is 394 g/mol. The van der Waals surface area contributed by atoms with Gasteiger partial charge in [-0.3, -0.25) is 0 Å². The summed E-state index contributed by atoms with van der Waals surface area (Å²) in [5, 5.41) is 3.59. The van der Waals surface area contributed by atoms with Gasteiger partial charge in [-0.05, 0) is 52.3 Å². The Morgan fingerprint density at radius 3 is 2.36 bits per heavy atom. The van der Waals surface area contributed by atoms with Crippen LogP contribution in [0.25, 0.3) is 32.7 Å². The molecule has 0 radical (unpaired) electrons. The average molecular weight is 395 g/mol. The SMILES string of the molecule is CCCCCc1ccc2c(ccc3c(F)c(-c4ccc(Cl)c(F)c4)ccc32)c1. The van der Waals surface area contributed by atoms with Gasteiger partial charge in [0.1, 0.15) is 11.6 Å². The van der Waals surface area contributed by atoms with E-state index >= 15 is 4.39 Å². The quantitative estimate of drug-likeness (QED) is 0.236. The minimum atomic E-state index is -0.548. The van der Waals surface area contributed by atoms with Crippen LogP contribution in [-0.4, -0.2) is 0 Å². The van der Waals surface area contributed by atoms with Crippen molar-refractivity contribution in [1.82, 2.24) is 0 Å². The average Bonchev–Trinajstić information content (AvgIpc) is 2.70. The van der Waals surface area contributed by atoms with Gasteiger partial charge in [0.15, 0.2) is 0 Å². The molecule has 0 saturated heterocycles. The lowest BCUT2D eigenvalue weighted by Crippen LogP contribution is -1.90. The molecular weight excluding hydrogens is 374 g/mol. The molecule has 0 fully saturated rings. The fraction of sp³-hybridized carbons (Fsp3) is 0.200. The van der Waals surface area contributed by atoms with Crippen molar-refractivity contribution in [3.63, 3.8) is 0 Å². The predicted molar refractivity (Wildman–Crippen MR) is 115 cm³/mol. The molecule has 4 rings (SSSR count). The maximum absolute atomic E-state index is 15.2. The Labute approximate surface area is 168 Å². The largest absolute Gasteiger partial charge is 0.206 e. The minimum absolute atomic E-state index is 0.0330. The Morgan fingerprint density at radius 1 is 0.786 bits per heavy atom.